The van der Waals surface area contributed by atoms with E-state index in [4.69, 9.17) is 16.7 Å². The van der Waals surface area contributed by atoms with E-state index in [1.807, 2.05) is 48.5 Å². The molecule has 30 heavy (non-hydrogen) atoms. The zero-order valence-electron chi connectivity index (χ0n) is 16.4. The highest BCUT2D eigenvalue weighted by molar-refractivity contribution is 6.30. The van der Waals surface area contributed by atoms with Gasteiger partial charge in [0.05, 0.1) is 13.0 Å². The van der Waals surface area contributed by atoms with Gasteiger partial charge < -0.3 is 15.5 Å². The van der Waals surface area contributed by atoms with Gasteiger partial charge in [-0.25, -0.2) is 5.06 Å². The van der Waals surface area contributed by atoms with Crippen molar-refractivity contribution in [1.82, 2.24) is 10.4 Å². The molecule has 0 spiro atoms. The van der Waals surface area contributed by atoms with Crippen LogP contribution in [0.15, 0.2) is 48.5 Å². The molecule has 0 aliphatic rings. The van der Waals surface area contributed by atoms with Crippen molar-refractivity contribution in [3.05, 3.63) is 59.1 Å². The molecular formula is C22H23ClN2O5. The van der Waals surface area contributed by atoms with E-state index >= 15 is 0 Å². The van der Waals surface area contributed by atoms with E-state index in [-0.39, 0.29) is 18.2 Å². The van der Waals surface area contributed by atoms with Gasteiger partial charge in [-0.1, -0.05) is 47.7 Å². The first-order chi connectivity index (χ1) is 14.3. The second kappa shape index (κ2) is 11.3. The summed E-state index contributed by atoms with van der Waals surface area (Å²) in [6, 6.07) is 14.3. The third-order valence-corrected chi connectivity index (χ3v) is 4.38. The van der Waals surface area contributed by atoms with Crippen LogP contribution in [0.3, 0.4) is 0 Å². The summed E-state index contributed by atoms with van der Waals surface area (Å²) in [4.78, 5) is 23.5. The maximum atomic E-state index is 11.9. The molecule has 7 nitrogen and oxygen atoms in total. The molecule has 0 saturated carbocycles. The summed E-state index contributed by atoms with van der Waals surface area (Å²) in [7, 11) is 0. The van der Waals surface area contributed by atoms with Crippen molar-refractivity contribution in [1.29, 1.82) is 0 Å². The molecule has 2 aromatic carbocycles. The summed E-state index contributed by atoms with van der Waals surface area (Å²) < 4.78 is 0. The Morgan fingerprint density at radius 3 is 2.23 bits per heavy atom. The van der Waals surface area contributed by atoms with Crippen molar-refractivity contribution in [3.63, 3.8) is 0 Å². The van der Waals surface area contributed by atoms with Crippen molar-refractivity contribution in [2.75, 3.05) is 13.2 Å². The largest absolute Gasteiger partial charge is 0.394 e. The quantitative estimate of drug-likeness (QED) is 0.304. The minimum Gasteiger partial charge on any atom is -0.394 e. The fourth-order valence-electron chi connectivity index (χ4n) is 2.50. The third kappa shape index (κ3) is 7.17. The van der Waals surface area contributed by atoms with Crippen LogP contribution >= 0.6 is 11.6 Å². The Balaban J connectivity index is 1.88. The number of halogens is 1. The first-order valence-corrected chi connectivity index (χ1v) is 9.61. The van der Waals surface area contributed by atoms with Gasteiger partial charge in [0.15, 0.2) is 0 Å². The smallest absolute Gasteiger partial charge is 0.276 e. The number of aliphatic hydroxyl groups is 2. The molecule has 0 heterocycles. The van der Waals surface area contributed by atoms with Gasteiger partial charge in [0.25, 0.3) is 5.91 Å². The van der Waals surface area contributed by atoms with E-state index in [2.05, 4.69) is 17.2 Å². The van der Waals surface area contributed by atoms with E-state index < -0.39 is 30.4 Å². The van der Waals surface area contributed by atoms with Crippen LogP contribution in [0.4, 0.5) is 0 Å². The third-order valence-electron chi connectivity index (χ3n) is 4.12. The van der Waals surface area contributed by atoms with E-state index in [1.54, 1.807) is 6.92 Å². The summed E-state index contributed by atoms with van der Waals surface area (Å²) in [6.45, 7) is 0.976. The summed E-state index contributed by atoms with van der Waals surface area (Å²) in [5.74, 6) is 3.81. The van der Waals surface area contributed by atoms with Gasteiger partial charge in [0.1, 0.15) is 12.6 Å². The Kier molecular flexibility index (Phi) is 8.84. The maximum absolute atomic E-state index is 11.9. The van der Waals surface area contributed by atoms with Gasteiger partial charge >= 0.3 is 0 Å². The lowest BCUT2D eigenvalue weighted by Gasteiger charge is -2.17. The lowest BCUT2D eigenvalue weighted by molar-refractivity contribution is -0.172. The molecular weight excluding hydrogens is 408 g/mol. The van der Waals surface area contributed by atoms with E-state index in [1.165, 1.54) is 0 Å². The van der Waals surface area contributed by atoms with Crippen molar-refractivity contribution in [3.8, 4) is 23.0 Å². The normalized spacial score (nSPS) is 12.3. The van der Waals surface area contributed by atoms with Crippen LogP contribution in [0.1, 0.15) is 18.9 Å². The number of nitrogens with zero attached hydrogens (tertiary/aromatic N) is 1. The number of hydrogen-bond acceptors (Lipinski definition) is 5. The van der Waals surface area contributed by atoms with E-state index in [0.29, 0.717) is 10.6 Å². The second-order valence-electron chi connectivity index (χ2n) is 6.65. The van der Waals surface area contributed by atoms with Gasteiger partial charge in [-0.15, -0.1) is 0 Å². The zero-order valence-corrected chi connectivity index (χ0v) is 17.1. The summed E-state index contributed by atoms with van der Waals surface area (Å²) >= 11 is 5.89. The van der Waals surface area contributed by atoms with Gasteiger partial charge in [-0.3, -0.25) is 14.8 Å². The van der Waals surface area contributed by atoms with Crippen molar-refractivity contribution in [2.24, 2.45) is 0 Å². The summed E-state index contributed by atoms with van der Waals surface area (Å²) in [6.07, 6.45) is -2.24. The van der Waals surface area contributed by atoms with Gasteiger partial charge in [-0.05, 0) is 42.3 Å². The second-order valence-corrected chi connectivity index (χ2v) is 7.09. The number of carbonyl (C=O) groups is 2. The zero-order chi connectivity index (χ0) is 22.1. The number of amides is 2. The predicted octanol–water partition coefficient (Wildman–Crippen LogP) is 1.82. The Labute approximate surface area is 179 Å². The average molecular weight is 431 g/mol. The Bertz CT molecular complexity index is 919. The number of hydrogen-bond donors (Lipinski definition) is 4. The molecule has 0 aliphatic carbocycles. The Hall–Kier alpha value is -2.89. The monoisotopic (exact) mass is 430 g/mol. The number of benzene rings is 2. The number of nitrogens with one attached hydrogen (secondary N) is 1. The van der Waals surface area contributed by atoms with Crippen LogP contribution < -0.4 is 5.32 Å². The van der Waals surface area contributed by atoms with Crippen LogP contribution in [-0.2, 0) is 9.59 Å². The number of rotatable bonds is 7. The van der Waals surface area contributed by atoms with Crippen LogP contribution in [0.25, 0.3) is 11.1 Å². The molecule has 158 valence electrons. The van der Waals surface area contributed by atoms with Gasteiger partial charge in [0.2, 0.25) is 5.91 Å². The number of carbonyl (C=O) groups excluding carboxylic acids is 2. The summed E-state index contributed by atoms with van der Waals surface area (Å²) in [5, 5.41) is 31.8. The van der Waals surface area contributed by atoms with Gasteiger partial charge in [-0.2, -0.15) is 0 Å². The molecule has 0 fully saturated rings. The lowest BCUT2D eigenvalue weighted by Crippen LogP contribution is -2.42. The molecule has 0 radical (unpaired) electrons. The highest BCUT2D eigenvalue weighted by atomic mass is 35.5. The van der Waals surface area contributed by atoms with Crippen LogP contribution in [0.2, 0.25) is 5.02 Å². The average Bonchev–Trinajstić information content (AvgIpc) is 2.74. The number of hydroxylamine groups is 2. The number of aliphatic hydroxyl groups excluding tert-OH is 2. The topological polar surface area (TPSA) is 110 Å². The first-order valence-electron chi connectivity index (χ1n) is 9.23. The fourth-order valence-corrected chi connectivity index (χ4v) is 2.62. The fraction of sp³-hybridized carbons (Fsp3) is 0.273. The molecule has 2 aromatic rings. The van der Waals surface area contributed by atoms with Crippen molar-refractivity contribution in [2.45, 2.75) is 25.5 Å². The summed E-state index contributed by atoms with van der Waals surface area (Å²) in [5.41, 5.74) is 2.69. The molecule has 2 amide bonds. The highest BCUT2D eigenvalue weighted by Crippen LogP contribution is 2.21. The Morgan fingerprint density at radius 1 is 1.10 bits per heavy atom. The molecule has 0 unspecified atom stereocenters. The van der Waals surface area contributed by atoms with Crippen LogP contribution in [-0.4, -0.2) is 57.6 Å². The standard InChI is InChI=1S/C22H23ClN2O5/c1-15(14-26)24-21(28)13-20(27)22(29)25(30)12-2-3-16-4-6-17(7-5-16)18-8-10-19(23)11-9-18/h4-11,15,20,26-27,30H,12-14H2,1H3,(H,24,28)/t15-,20-/m0/s1. The van der Waals surface area contributed by atoms with Crippen LogP contribution in [0.5, 0.6) is 0 Å². The molecule has 0 aliphatic heterocycles. The lowest BCUT2D eigenvalue weighted by atomic mass is 10.0. The molecule has 0 aromatic heterocycles. The molecule has 0 bridgehead atoms. The van der Waals surface area contributed by atoms with E-state index in [0.717, 1.165) is 11.1 Å². The van der Waals surface area contributed by atoms with E-state index in [9.17, 15) is 19.9 Å². The minimum atomic E-state index is -1.71. The first kappa shape index (κ1) is 23.4. The highest BCUT2D eigenvalue weighted by Gasteiger charge is 2.23. The maximum Gasteiger partial charge on any atom is 0.276 e. The van der Waals surface area contributed by atoms with Crippen molar-refractivity contribution >= 4 is 23.4 Å². The Morgan fingerprint density at radius 2 is 1.67 bits per heavy atom. The predicted molar refractivity (Wildman–Crippen MR) is 113 cm³/mol. The molecule has 8 heteroatoms. The SMILES string of the molecule is C[C@@H](CO)NC(=O)C[C@H](O)C(=O)N(O)CC#Cc1ccc(-c2ccc(Cl)cc2)cc1. The minimum absolute atomic E-state index is 0.266. The molecule has 4 N–H and O–H groups in total. The van der Waals surface area contributed by atoms with Crippen molar-refractivity contribution < 1.29 is 25.0 Å². The van der Waals surface area contributed by atoms with Crippen LogP contribution in [0, 0.1) is 11.8 Å². The molecule has 2 rings (SSSR count). The van der Waals surface area contributed by atoms with Gasteiger partial charge in [0, 0.05) is 16.6 Å². The molecule has 0 saturated heterocycles. The molecule has 2 atom stereocenters.